The Balaban J connectivity index is 1.73. The van der Waals surface area contributed by atoms with Gasteiger partial charge in [-0.15, -0.1) is 0 Å². The number of amides is 2. The first kappa shape index (κ1) is 33.5. The molecule has 2 amide bonds. The topological polar surface area (TPSA) is 99.7 Å². The minimum Gasteiger partial charge on any atom is -0.444 e. The summed E-state index contributed by atoms with van der Waals surface area (Å²) < 4.78 is 33.1. The number of aliphatic hydroxyl groups is 1. The van der Waals surface area contributed by atoms with Crippen LogP contribution in [0.2, 0.25) is 0 Å². The number of rotatable bonds is 12. The lowest BCUT2D eigenvalue weighted by Gasteiger charge is -2.40. The van der Waals surface area contributed by atoms with Crippen molar-refractivity contribution in [2.75, 3.05) is 13.1 Å². The number of hydrogen-bond acceptors (Lipinski definition) is 5. The van der Waals surface area contributed by atoms with Gasteiger partial charge in [0.2, 0.25) is 5.91 Å². The van der Waals surface area contributed by atoms with Crippen LogP contribution >= 0.6 is 0 Å². The van der Waals surface area contributed by atoms with Gasteiger partial charge in [-0.25, -0.2) is 13.6 Å². The highest BCUT2D eigenvalue weighted by atomic mass is 19.1. The van der Waals surface area contributed by atoms with Gasteiger partial charge >= 0.3 is 6.09 Å². The van der Waals surface area contributed by atoms with Crippen molar-refractivity contribution in [2.24, 2.45) is 0 Å². The van der Waals surface area contributed by atoms with Gasteiger partial charge in [-0.3, -0.25) is 4.79 Å². The van der Waals surface area contributed by atoms with Crippen LogP contribution in [0, 0.1) is 11.6 Å². The smallest absolute Gasteiger partial charge is 0.407 e. The molecule has 1 fully saturated rings. The lowest BCUT2D eigenvalue weighted by atomic mass is 9.75. The second-order valence-electron chi connectivity index (χ2n) is 12.7. The zero-order valence-corrected chi connectivity index (χ0v) is 25.6. The van der Waals surface area contributed by atoms with Crippen LogP contribution in [0.4, 0.5) is 13.6 Å². The van der Waals surface area contributed by atoms with E-state index in [1.807, 2.05) is 0 Å². The standard InChI is InChI=1S/C33H47F2N3O4/c1-22(2)24-10-9-11-25(19-24)33(13-7-6-8-14-33)37-21-29(39)28(18-23-16-26(34)20-27(35)17-23)38-30(40)12-15-36-31(41)42-32(3,4)5/h9-11,16-17,19-20,22,28-29,37,39H,6-8,12-15,18,21H2,1-5H3,(H,36,41)(H,38,40)/t28-,29?/m0/s1. The van der Waals surface area contributed by atoms with E-state index in [-0.39, 0.29) is 31.5 Å². The Bertz CT molecular complexity index is 1170. The second-order valence-corrected chi connectivity index (χ2v) is 12.7. The fourth-order valence-electron chi connectivity index (χ4n) is 5.50. The molecule has 0 bridgehead atoms. The summed E-state index contributed by atoms with van der Waals surface area (Å²) >= 11 is 0. The van der Waals surface area contributed by atoms with Gasteiger partial charge in [0.25, 0.3) is 0 Å². The van der Waals surface area contributed by atoms with Gasteiger partial charge in [0, 0.05) is 31.1 Å². The van der Waals surface area contributed by atoms with Gasteiger partial charge in [0.1, 0.15) is 17.2 Å². The van der Waals surface area contributed by atoms with Gasteiger partial charge < -0.3 is 25.8 Å². The van der Waals surface area contributed by atoms with Gasteiger partial charge in [0.15, 0.2) is 0 Å². The van der Waals surface area contributed by atoms with E-state index in [4.69, 9.17) is 4.74 Å². The maximum absolute atomic E-state index is 14.0. The normalized spacial score (nSPS) is 16.5. The average Bonchev–Trinajstić information content (AvgIpc) is 2.90. The van der Waals surface area contributed by atoms with Crippen molar-refractivity contribution in [2.45, 2.75) is 109 Å². The molecule has 1 unspecified atom stereocenters. The average molecular weight is 588 g/mol. The number of benzene rings is 2. The van der Waals surface area contributed by atoms with E-state index in [9.17, 15) is 23.5 Å². The number of alkyl carbamates (subject to hydrolysis) is 1. The van der Waals surface area contributed by atoms with E-state index in [1.54, 1.807) is 20.8 Å². The molecule has 0 saturated heterocycles. The molecule has 2 aromatic rings. The van der Waals surface area contributed by atoms with E-state index in [2.05, 4.69) is 54.1 Å². The summed E-state index contributed by atoms with van der Waals surface area (Å²) in [4.78, 5) is 24.8. The first-order chi connectivity index (χ1) is 19.8. The number of halogens is 2. The maximum atomic E-state index is 14.0. The molecule has 1 saturated carbocycles. The molecule has 0 spiro atoms. The Hall–Kier alpha value is -3.04. The molecule has 1 aliphatic rings. The van der Waals surface area contributed by atoms with E-state index in [1.165, 1.54) is 23.3 Å². The van der Waals surface area contributed by atoms with E-state index < -0.39 is 41.4 Å². The zero-order valence-electron chi connectivity index (χ0n) is 25.6. The maximum Gasteiger partial charge on any atom is 0.407 e. The SMILES string of the molecule is CC(C)c1cccc(C2(NCC(O)[C@H](Cc3cc(F)cc(F)c3)NC(=O)CCNC(=O)OC(C)(C)C)CCCCC2)c1. The van der Waals surface area contributed by atoms with Crippen molar-refractivity contribution in [1.82, 2.24) is 16.0 Å². The van der Waals surface area contributed by atoms with Crippen molar-refractivity contribution in [3.63, 3.8) is 0 Å². The highest BCUT2D eigenvalue weighted by Gasteiger charge is 2.35. The van der Waals surface area contributed by atoms with Gasteiger partial charge in [0.05, 0.1) is 12.1 Å². The van der Waals surface area contributed by atoms with Crippen molar-refractivity contribution < 1.29 is 28.2 Å². The molecule has 4 N–H and O–H groups in total. The van der Waals surface area contributed by atoms with Gasteiger partial charge in [-0.2, -0.15) is 0 Å². The van der Waals surface area contributed by atoms with Crippen molar-refractivity contribution in [1.29, 1.82) is 0 Å². The number of nitrogens with one attached hydrogen (secondary N) is 3. The fourth-order valence-corrected chi connectivity index (χ4v) is 5.50. The molecule has 42 heavy (non-hydrogen) atoms. The minimum atomic E-state index is -1.05. The first-order valence-corrected chi connectivity index (χ1v) is 15.0. The summed E-state index contributed by atoms with van der Waals surface area (Å²) in [5, 5.41) is 20.4. The molecule has 0 heterocycles. The Morgan fingerprint density at radius 2 is 1.69 bits per heavy atom. The lowest BCUT2D eigenvalue weighted by Crippen LogP contribution is -2.53. The predicted molar refractivity (Wildman–Crippen MR) is 160 cm³/mol. The van der Waals surface area contributed by atoms with E-state index in [0.717, 1.165) is 38.2 Å². The molecule has 0 radical (unpaired) electrons. The van der Waals surface area contributed by atoms with Crippen LogP contribution in [0.1, 0.15) is 95.8 Å². The molecule has 0 aliphatic heterocycles. The number of ether oxygens (including phenoxy) is 1. The quantitative estimate of drug-likeness (QED) is 0.250. The van der Waals surface area contributed by atoms with Crippen molar-refractivity contribution >= 4 is 12.0 Å². The van der Waals surface area contributed by atoms with Crippen LogP contribution in [0.15, 0.2) is 42.5 Å². The molecule has 3 rings (SSSR count). The number of aliphatic hydroxyl groups excluding tert-OH is 1. The largest absolute Gasteiger partial charge is 0.444 e. The lowest BCUT2D eigenvalue weighted by molar-refractivity contribution is -0.122. The van der Waals surface area contributed by atoms with Crippen molar-refractivity contribution in [3.05, 3.63) is 70.8 Å². The monoisotopic (exact) mass is 587 g/mol. The van der Waals surface area contributed by atoms with E-state index in [0.29, 0.717) is 11.5 Å². The molecule has 1 aliphatic carbocycles. The molecular weight excluding hydrogens is 540 g/mol. The van der Waals surface area contributed by atoms with Gasteiger partial charge in [-0.1, -0.05) is 57.4 Å². The Morgan fingerprint density at radius 3 is 2.31 bits per heavy atom. The number of hydrogen-bond donors (Lipinski definition) is 4. The highest BCUT2D eigenvalue weighted by Crippen LogP contribution is 2.38. The number of carbonyl (C=O) groups excluding carboxylic acids is 2. The van der Waals surface area contributed by atoms with E-state index >= 15 is 0 Å². The minimum absolute atomic E-state index is 0.0264. The van der Waals surface area contributed by atoms with Crippen LogP contribution in [0.3, 0.4) is 0 Å². The number of carbonyl (C=O) groups is 2. The van der Waals surface area contributed by atoms with Crippen LogP contribution < -0.4 is 16.0 Å². The molecule has 0 aromatic heterocycles. The molecular formula is C33H47F2N3O4. The Morgan fingerprint density at radius 1 is 1.02 bits per heavy atom. The van der Waals surface area contributed by atoms with Crippen LogP contribution in [0.5, 0.6) is 0 Å². The first-order valence-electron chi connectivity index (χ1n) is 15.0. The third-order valence-electron chi connectivity index (χ3n) is 7.67. The third kappa shape index (κ3) is 10.3. The van der Waals surface area contributed by atoms with Crippen LogP contribution in [-0.2, 0) is 21.5 Å². The Labute approximate surface area is 248 Å². The molecule has 232 valence electrons. The fraction of sp³-hybridized carbons (Fsp3) is 0.576. The molecule has 2 atom stereocenters. The highest BCUT2D eigenvalue weighted by molar-refractivity contribution is 5.77. The summed E-state index contributed by atoms with van der Waals surface area (Å²) in [5.41, 5.74) is 1.77. The van der Waals surface area contributed by atoms with Crippen LogP contribution in [0.25, 0.3) is 0 Å². The van der Waals surface area contributed by atoms with Gasteiger partial charge in [-0.05, 0) is 74.8 Å². The summed E-state index contributed by atoms with van der Waals surface area (Å²) in [7, 11) is 0. The summed E-state index contributed by atoms with van der Waals surface area (Å²) in [6.07, 6.45) is 3.39. The summed E-state index contributed by atoms with van der Waals surface area (Å²) in [6.45, 7) is 9.76. The van der Waals surface area contributed by atoms with Crippen LogP contribution in [-0.4, -0.2) is 47.9 Å². The summed E-state index contributed by atoms with van der Waals surface area (Å²) in [6, 6.07) is 10.9. The second kappa shape index (κ2) is 14.9. The third-order valence-corrected chi connectivity index (χ3v) is 7.67. The molecule has 2 aromatic carbocycles. The van der Waals surface area contributed by atoms with Crippen molar-refractivity contribution in [3.8, 4) is 0 Å². The molecule has 7 nitrogen and oxygen atoms in total. The molecule has 9 heteroatoms. The predicted octanol–water partition coefficient (Wildman–Crippen LogP) is 5.84. The Kier molecular flexibility index (Phi) is 11.9. The summed E-state index contributed by atoms with van der Waals surface area (Å²) in [5.74, 6) is -1.48. The zero-order chi connectivity index (χ0) is 30.9.